The molecule has 1 aromatic heterocycles. The summed E-state index contributed by atoms with van der Waals surface area (Å²) in [6.45, 7) is 2.08. The Bertz CT molecular complexity index is 522. The summed E-state index contributed by atoms with van der Waals surface area (Å²) in [5, 5.41) is 0.741. The Kier molecular flexibility index (Phi) is 4.53. The van der Waals surface area contributed by atoms with Gasteiger partial charge in [-0.1, -0.05) is 29.8 Å². The maximum absolute atomic E-state index is 6.45. The highest BCUT2D eigenvalue weighted by atomic mass is 79.9. The topological polar surface area (TPSA) is 0 Å². The summed E-state index contributed by atoms with van der Waals surface area (Å²) >= 11 is 17.9. The zero-order chi connectivity index (χ0) is 12.4. The van der Waals surface area contributed by atoms with E-state index in [2.05, 4.69) is 28.9 Å². The molecule has 0 N–H and O–H groups in total. The van der Waals surface area contributed by atoms with Crippen molar-refractivity contribution in [3.63, 3.8) is 0 Å². The average molecular weight is 350 g/mol. The Morgan fingerprint density at radius 3 is 2.65 bits per heavy atom. The fourth-order valence-corrected chi connectivity index (χ4v) is 4.33. The number of thiophene rings is 1. The van der Waals surface area contributed by atoms with Crippen molar-refractivity contribution < 1.29 is 0 Å². The maximum Gasteiger partial charge on any atom is 0.0730 e. The monoisotopic (exact) mass is 348 g/mol. The molecule has 0 saturated heterocycles. The van der Waals surface area contributed by atoms with E-state index in [0.717, 1.165) is 21.5 Å². The molecule has 1 heterocycles. The van der Waals surface area contributed by atoms with Crippen molar-refractivity contribution in [3.05, 3.63) is 55.1 Å². The highest BCUT2D eigenvalue weighted by Crippen LogP contribution is 2.38. The van der Waals surface area contributed by atoms with Crippen molar-refractivity contribution in [2.45, 2.75) is 18.7 Å². The van der Waals surface area contributed by atoms with Crippen molar-refractivity contribution >= 4 is 50.5 Å². The molecule has 0 aliphatic carbocycles. The molecular weight excluding hydrogens is 339 g/mol. The number of halogens is 3. The van der Waals surface area contributed by atoms with Gasteiger partial charge in [0.25, 0.3) is 0 Å². The number of benzene rings is 1. The van der Waals surface area contributed by atoms with E-state index in [0.29, 0.717) is 0 Å². The third-order valence-electron chi connectivity index (χ3n) is 2.48. The van der Waals surface area contributed by atoms with Gasteiger partial charge >= 0.3 is 0 Å². The van der Waals surface area contributed by atoms with E-state index in [1.165, 1.54) is 9.75 Å². The number of alkyl halides is 1. The first kappa shape index (κ1) is 13.4. The standard InChI is InChI=1S/C13H11BrCl2S/c1-8-6-10(14)13(17-8)12(16)7-9-4-2-3-5-11(9)15/h2-6,12H,7H2,1H3. The first-order chi connectivity index (χ1) is 8.08. The second-order valence-corrected chi connectivity index (χ2v) is 6.91. The Morgan fingerprint density at radius 2 is 2.06 bits per heavy atom. The Balaban J connectivity index is 2.20. The van der Waals surface area contributed by atoms with Gasteiger partial charge in [0.05, 0.1) is 5.38 Å². The van der Waals surface area contributed by atoms with E-state index < -0.39 is 0 Å². The van der Waals surface area contributed by atoms with Crippen molar-refractivity contribution in [3.8, 4) is 0 Å². The van der Waals surface area contributed by atoms with Crippen LogP contribution in [0, 0.1) is 6.92 Å². The molecule has 0 nitrogen and oxygen atoms in total. The Morgan fingerprint density at radius 1 is 1.35 bits per heavy atom. The summed E-state index contributed by atoms with van der Waals surface area (Å²) in [5.74, 6) is 0. The van der Waals surface area contributed by atoms with Gasteiger partial charge in [-0.05, 0) is 47.0 Å². The summed E-state index contributed by atoms with van der Waals surface area (Å²) in [6, 6.07) is 9.93. The van der Waals surface area contributed by atoms with Gasteiger partial charge in [0, 0.05) is 19.2 Å². The lowest BCUT2D eigenvalue weighted by atomic mass is 10.1. The van der Waals surface area contributed by atoms with Crippen LogP contribution in [-0.4, -0.2) is 0 Å². The van der Waals surface area contributed by atoms with E-state index in [4.69, 9.17) is 23.2 Å². The van der Waals surface area contributed by atoms with Gasteiger partial charge in [-0.3, -0.25) is 0 Å². The molecule has 90 valence electrons. The Labute approximate surface area is 124 Å². The van der Waals surface area contributed by atoms with Crippen LogP contribution in [0.1, 0.15) is 20.7 Å². The van der Waals surface area contributed by atoms with Crippen LogP contribution in [0.2, 0.25) is 5.02 Å². The van der Waals surface area contributed by atoms with Crippen molar-refractivity contribution in [2.24, 2.45) is 0 Å². The minimum Gasteiger partial charge on any atom is -0.143 e. The molecule has 2 rings (SSSR count). The highest BCUT2D eigenvalue weighted by molar-refractivity contribution is 9.10. The number of hydrogen-bond donors (Lipinski definition) is 0. The highest BCUT2D eigenvalue weighted by Gasteiger charge is 2.16. The summed E-state index contributed by atoms with van der Waals surface area (Å²) in [5.41, 5.74) is 1.09. The van der Waals surface area contributed by atoms with Crippen molar-refractivity contribution in [2.75, 3.05) is 0 Å². The number of aryl methyl sites for hydroxylation is 1. The predicted octanol–water partition coefficient (Wildman–Crippen LogP) is 6.00. The minimum absolute atomic E-state index is 0.0389. The van der Waals surface area contributed by atoms with Gasteiger partial charge in [0.2, 0.25) is 0 Å². The first-order valence-corrected chi connectivity index (χ1v) is 7.63. The van der Waals surface area contributed by atoms with Crippen LogP contribution in [0.5, 0.6) is 0 Å². The van der Waals surface area contributed by atoms with Crippen LogP contribution in [0.15, 0.2) is 34.8 Å². The second kappa shape index (κ2) is 5.75. The molecule has 2 aromatic rings. The van der Waals surface area contributed by atoms with E-state index in [1.807, 2.05) is 24.3 Å². The molecule has 0 amide bonds. The van der Waals surface area contributed by atoms with Gasteiger partial charge in [-0.2, -0.15) is 0 Å². The average Bonchev–Trinajstić information content (AvgIpc) is 2.61. The molecule has 0 spiro atoms. The molecule has 0 bridgehead atoms. The minimum atomic E-state index is -0.0389. The Hall–Kier alpha value is -0.0200. The van der Waals surface area contributed by atoms with Gasteiger partial charge in [-0.25, -0.2) is 0 Å². The molecule has 1 aromatic carbocycles. The van der Waals surface area contributed by atoms with Crippen LogP contribution in [-0.2, 0) is 6.42 Å². The van der Waals surface area contributed by atoms with E-state index >= 15 is 0 Å². The number of rotatable bonds is 3. The quantitative estimate of drug-likeness (QED) is 0.596. The van der Waals surface area contributed by atoms with Crippen LogP contribution in [0.3, 0.4) is 0 Å². The molecular formula is C13H11BrCl2S. The third kappa shape index (κ3) is 3.25. The van der Waals surface area contributed by atoms with E-state index in [9.17, 15) is 0 Å². The SMILES string of the molecule is Cc1cc(Br)c(C(Cl)Cc2ccccc2Cl)s1. The first-order valence-electron chi connectivity index (χ1n) is 5.21. The summed E-state index contributed by atoms with van der Waals surface area (Å²) in [6.07, 6.45) is 0.750. The fourth-order valence-electron chi connectivity index (χ4n) is 1.66. The van der Waals surface area contributed by atoms with E-state index in [1.54, 1.807) is 11.3 Å². The van der Waals surface area contributed by atoms with Crippen LogP contribution in [0.4, 0.5) is 0 Å². The predicted molar refractivity (Wildman–Crippen MR) is 80.5 cm³/mol. The molecule has 17 heavy (non-hydrogen) atoms. The smallest absolute Gasteiger partial charge is 0.0730 e. The second-order valence-electron chi connectivity index (χ2n) is 3.83. The normalized spacial score (nSPS) is 12.7. The zero-order valence-corrected chi connectivity index (χ0v) is 13.1. The van der Waals surface area contributed by atoms with Gasteiger partial charge in [0.1, 0.15) is 0 Å². The molecule has 4 heteroatoms. The third-order valence-corrected chi connectivity index (χ3v) is 5.43. The molecule has 1 atom stereocenters. The lowest BCUT2D eigenvalue weighted by molar-refractivity contribution is 0.936. The largest absolute Gasteiger partial charge is 0.143 e. The zero-order valence-electron chi connectivity index (χ0n) is 9.21. The van der Waals surface area contributed by atoms with Crippen LogP contribution >= 0.6 is 50.5 Å². The van der Waals surface area contributed by atoms with E-state index in [-0.39, 0.29) is 5.38 Å². The molecule has 0 fully saturated rings. The summed E-state index contributed by atoms with van der Waals surface area (Å²) in [7, 11) is 0. The molecule has 0 radical (unpaired) electrons. The van der Waals surface area contributed by atoms with Crippen molar-refractivity contribution in [1.29, 1.82) is 0 Å². The lowest BCUT2D eigenvalue weighted by Gasteiger charge is -2.09. The molecule has 0 aliphatic rings. The summed E-state index contributed by atoms with van der Waals surface area (Å²) in [4.78, 5) is 2.43. The molecule has 0 saturated carbocycles. The number of hydrogen-bond acceptors (Lipinski definition) is 1. The molecule has 1 unspecified atom stereocenters. The summed E-state index contributed by atoms with van der Waals surface area (Å²) < 4.78 is 1.09. The van der Waals surface area contributed by atoms with Crippen molar-refractivity contribution in [1.82, 2.24) is 0 Å². The van der Waals surface area contributed by atoms with Gasteiger partial charge in [-0.15, -0.1) is 22.9 Å². The van der Waals surface area contributed by atoms with Crippen LogP contribution in [0.25, 0.3) is 0 Å². The van der Waals surface area contributed by atoms with Gasteiger partial charge in [0.15, 0.2) is 0 Å². The van der Waals surface area contributed by atoms with Gasteiger partial charge < -0.3 is 0 Å². The lowest BCUT2D eigenvalue weighted by Crippen LogP contribution is -1.94. The van der Waals surface area contributed by atoms with Crippen LogP contribution < -0.4 is 0 Å². The fraction of sp³-hybridized carbons (Fsp3) is 0.231. The molecule has 0 aliphatic heterocycles. The maximum atomic E-state index is 6.45.